The average Bonchev–Trinajstić information content (AvgIpc) is 3.24. The first-order valence-corrected chi connectivity index (χ1v) is 13.1. The number of methoxy groups -OCH3 is 2. The van der Waals surface area contributed by atoms with E-state index in [1.54, 1.807) is 37.3 Å². The number of nitrogens with one attached hydrogen (secondary N) is 2. The van der Waals surface area contributed by atoms with Crippen LogP contribution in [-0.4, -0.2) is 39.7 Å². The van der Waals surface area contributed by atoms with Gasteiger partial charge in [-0.1, -0.05) is 17.7 Å². The van der Waals surface area contributed by atoms with Crippen molar-refractivity contribution >= 4 is 43.8 Å². The number of halogens is 2. The van der Waals surface area contributed by atoms with Gasteiger partial charge in [0.05, 0.1) is 19.1 Å². The van der Waals surface area contributed by atoms with Crippen molar-refractivity contribution in [1.29, 1.82) is 0 Å². The quantitative estimate of drug-likeness (QED) is 0.282. The zero-order chi connectivity index (χ0) is 26.2. The standard InChI is InChI=1S/C26H24ClFN2O5S/c1-14-7-20-21(13-29-23(20)12-22(14)28)26(31)25(19-6-5-15(27)8-24(19)35-3)30-16-9-17(34-2)11-18(10-16)36(4,32)33/h5-13,25,29-30H,1-4H3. The zero-order valence-corrected chi connectivity index (χ0v) is 21.6. The summed E-state index contributed by atoms with van der Waals surface area (Å²) >= 11 is 6.15. The largest absolute Gasteiger partial charge is 0.497 e. The molecule has 36 heavy (non-hydrogen) atoms. The normalized spacial score (nSPS) is 12.4. The fourth-order valence-corrected chi connectivity index (χ4v) is 4.81. The first-order valence-electron chi connectivity index (χ1n) is 10.8. The second-order valence-electron chi connectivity index (χ2n) is 8.35. The molecule has 0 radical (unpaired) electrons. The number of hydrogen-bond donors (Lipinski definition) is 2. The Morgan fingerprint density at radius 1 is 1.08 bits per heavy atom. The van der Waals surface area contributed by atoms with Gasteiger partial charge < -0.3 is 19.8 Å². The number of ketones is 1. The van der Waals surface area contributed by atoms with E-state index < -0.39 is 15.9 Å². The van der Waals surface area contributed by atoms with E-state index in [2.05, 4.69) is 10.3 Å². The molecule has 1 atom stereocenters. The molecule has 0 spiro atoms. The molecular weight excluding hydrogens is 507 g/mol. The first-order chi connectivity index (χ1) is 17.0. The topological polar surface area (TPSA) is 97.5 Å². The van der Waals surface area contributed by atoms with Crippen LogP contribution in [0.3, 0.4) is 0 Å². The lowest BCUT2D eigenvalue weighted by atomic mass is 9.95. The number of ether oxygens (including phenoxy) is 2. The maximum atomic E-state index is 14.1. The molecule has 0 saturated heterocycles. The highest BCUT2D eigenvalue weighted by Gasteiger charge is 2.28. The van der Waals surface area contributed by atoms with Crippen molar-refractivity contribution in [2.24, 2.45) is 0 Å². The Labute approximate surface area is 213 Å². The number of sulfone groups is 1. The Balaban J connectivity index is 1.88. The number of H-pyrrole nitrogens is 1. The monoisotopic (exact) mass is 530 g/mol. The van der Waals surface area contributed by atoms with Gasteiger partial charge in [0.15, 0.2) is 15.6 Å². The number of fused-ring (bicyclic) bond motifs is 1. The second kappa shape index (κ2) is 9.83. The minimum Gasteiger partial charge on any atom is -0.497 e. The molecule has 1 heterocycles. The number of Topliss-reactive ketones (excluding diaryl/α,β-unsaturated/α-hetero) is 1. The molecule has 0 aliphatic rings. The minimum atomic E-state index is -3.57. The van der Waals surface area contributed by atoms with Crippen molar-refractivity contribution in [3.05, 3.63) is 82.3 Å². The summed E-state index contributed by atoms with van der Waals surface area (Å²) < 4.78 is 49.4. The highest BCUT2D eigenvalue weighted by atomic mass is 35.5. The van der Waals surface area contributed by atoms with E-state index in [0.717, 1.165) is 6.26 Å². The predicted molar refractivity (Wildman–Crippen MR) is 138 cm³/mol. The Morgan fingerprint density at radius 2 is 1.83 bits per heavy atom. The molecule has 0 fully saturated rings. The number of carbonyl (C=O) groups excluding carboxylic acids is 1. The molecule has 0 aliphatic carbocycles. The van der Waals surface area contributed by atoms with Gasteiger partial charge in [0.1, 0.15) is 23.4 Å². The van der Waals surface area contributed by atoms with Gasteiger partial charge in [0.2, 0.25) is 0 Å². The molecule has 4 rings (SSSR count). The maximum absolute atomic E-state index is 14.1. The maximum Gasteiger partial charge on any atom is 0.191 e. The van der Waals surface area contributed by atoms with Crippen LogP contribution in [0.2, 0.25) is 5.02 Å². The number of aromatic nitrogens is 1. The molecule has 4 aromatic rings. The van der Waals surface area contributed by atoms with Gasteiger partial charge in [0, 0.05) is 51.3 Å². The zero-order valence-electron chi connectivity index (χ0n) is 20.0. The highest BCUT2D eigenvalue weighted by Crippen LogP contribution is 2.36. The number of benzene rings is 3. The molecule has 188 valence electrons. The molecule has 0 aliphatic heterocycles. The molecule has 1 aromatic heterocycles. The van der Waals surface area contributed by atoms with Gasteiger partial charge in [-0.2, -0.15) is 0 Å². The third-order valence-corrected chi connectivity index (χ3v) is 7.18. The van der Waals surface area contributed by atoms with Crippen molar-refractivity contribution in [1.82, 2.24) is 4.98 Å². The van der Waals surface area contributed by atoms with E-state index in [-0.39, 0.29) is 16.5 Å². The summed E-state index contributed by atoms with van der Waals surface area (Å²) in [7, 11) is -0.685. The summed E-state index contributed by atoms with van der Waals surface area (Å²) in [6, 6.07) is 11.2. The van der Waals surface area contributed by atoms with Gasteiger partial charge in [-0.05, 0) is 48.9 Å². The van der Waals surface area contributed by atoms with E-state index in [0.29, 0.717) is 49.8 Å². The fraction of sp³-hybridized carbons (Fsp3) is 0.192. The molecule has 3 aromatic carbocycles. The van der Waals surface area contributed by atoms with E-state index in [9.17, 15) is 17.6 Å². The van der Waals surface area contributed by atoms with Crippen molar-refractivity contribution in [2.75, 3.05) is 25.8 Å². The van der Waals surface area contributed by atoms with Gasteiger partial charge in [-0.15, -0.1) is 0 Å². The van der Waals surface area contributed by atoms with Gasteiger partial charge in [-0.25, -0.2) is 12.8 Å². The van der Waals surface area contributed by atoms with Crippen LogP contribution in [0.15, 0.2) is 59.6 Å². The molecule has 0 amide bonds. The van der Waals surface area contributed by atoms with Gasteiger partial charge in [0.25, 0.3) is 0 Å². The number of anilines is 1. The van der Waals surface area contributed by atoms with Crippen LogP contribution < -0.4 is 14.8 Å². The SMILES string of the molecule is COc1cc(NC(C(=O)c2c[nH]c3cc(F)c(C)cc23)c2ccc(Cl)cc2OC)cc(S(C)(=O)=O)c1. The third-order valence-electron chi connectivity index (χ3n) is 5.85. The molecule has 1 unspecified atom stereocenters. The first kappa shape index (κ1) is 25.5. The third kappa shape index (κ3) is 5.03. The van der Waals surface area contributed by atoms with Crippen LogP contribution in [0.4, 0.5) is 10.1 Å². The summed E-state index contributed by atoms with van der Waals surface area (Å²) in [6.07, 6.45) is 2.61. The van der Waals surface area contributed by atoms with Crippen LogP contribution in [-0.2, 0) is 9.84 Å². The summed E-state index contributed by atoms with van der Waals surface area (Å²) in [5, 5.41) is 4.12. The van der Waals surface area contributed by atoms with Crippen molar-refractivity contribution in [2.45, 2.75) is 17.9 Å². The molecule has 0 bridgehead atoms. The highest BCUT2D eigenvalue weighted by molar-refractivity contribution is 7.90. The number of aromatic amines is 1. The smallest absolute Gasteiger partial charge is 0.191 e. The minimum absolute atomic E-state index is 0.0248. The number of hydrogen-bond acceptors (Lipinski definition) is 6. The molecular formula is C26H24ClFN2O5S. The Hall–Kier alpha value is -3.56. The summed E-state index contributed by atoms with van der Waals surface area (Å²) in [5.41, 5.74) is 2.02. The molecule has 10 heteroatoms. The van der Waals surface area contributed by atoms with Crippen molar-refractivity contribution < 1.29 is 27.1 Å². The molecule has 2 N–H and O–H groups in total. The summed E-state index contributed by atoms with van der Waals surface area (Å²) in [5.74, 6) is -0.0757. The number of rotatable bonds is 8. The lowest BCUT2D eigenvalue weighted by molar-refractivity contribution is 0.0970. The Bertz CT molecular complexity index is 1580. The van der Waals surface area contributed by atoms with E-state index in [4.69, 9.17) is 21.1 Å². The number of carbonyl (C=O) groups is 1. The Kier molecular flexibility index (Phi) is 6.97. The average molecular weight is 531 g/mol. The lowest BCUT2D eigenvalue weighted by Gasteiger charge is -2.22. The van der Waals surface area contributed by atoms with Gasteiger partial charge >= 0.3 is 0 Å². The van der Waals surface area contributed by atoms with Crippen molar-refractivity contribution in [3.8, 4) is 11.5 Å². The van der Waals surface area contributed by atoms with Crippen LogP contribution in [0.1, 0.15) is 27.5 Å². The lowest BCUT2D eigenvalue weighted by Crippen LogP contribution is -2.22. The summed E-state index contributed by atoms with van der Waals surface area (Å²) in [6.45, 7) is 1.62. The predicted octanol–water partition coefficient (Wildman–Crippen LogP) is 5.73. The molecule has 0 saturated carbocycles. The fourth-order valence-electron chi connectivity index (χ4n) is 3.97. The van der Waals surface area contributed by atoms with E-state index >= 15 is 0 Å². The van der Waals surface area contributed by atoms with Crippen LogP contribution in [0.25, 0.3) is 10.9 Å². The number of aryl methyl sites for hydroxylation is 1. The second-order valence-corrected chi connectivity index (χ2v) is 10.8. The molecule has 7 nitrogen and oxygen atoms in total. The van der Waals surface area contributed by atoms with Gasteiger partial charge in [-0.3, -0.25) is 4.79 Å². The van der Waals surface area contributed by atoms with E-state index in [1.807, 2.05) is 0 Å². The summed E-state index contributed by atoms with van der Waals surface area (Å²) in [4.78, 5) is 17.0. The van der Waals surface area contributed by atoms with Crippen LogP contribution in [0.5, 0.6) is 11.5 Å². The van der Waals surface area contributed by atoms with Crippen molar-refractivity contribution in [3.63, 3.8) is 0 Å². The van der Waals surface area contributed by atoms with Crippen LogP contribution in [0, 0.1) is 12.7 Å². The van der Waals surface area contributed by atoms with Crippen LogP contribution >= 0.6 is 11.6 Å². The Morgan fingerprint density at radius 3 is 2.50 bits per heavy atom. The van der Waals surface area contributed by atoms with E-state index in [1.165, 1.54) is 38.6 Å².